The largest absolute Gasteiger partial charge is 0.508 e. The van der Waals surface area contributed by atoms with Gasteiger partial charge in [-0.2, -0.15) is 5.10 Å². The Morgan fingerprint density at radius 1 is 1.06 bits per heavy atom. The fourth-order valence-electron chi connectivity index (χ4n) is 4.20. The highest BCUT2D eigenvalue weighted by molar-refractivity contribution is 6.09. The van der Waals surface area contributed by atoms with Crippen LogP contribution in [0.2, 0.25) is 0 Å². The number of hydrogen-bond acceptors (Lipinski definition) is 5. The van der Waals surface area contributed by atoms with Crippen LogP contribution in [0.5, 0.6) is 5.75 Å². The monoisotopic (exact) mass is 453 g/mol. The molecular formula is C27H27N5O2. The number of benzene rings is 2. The van der Waals surface area contributed by atoms with Crippen LogP contribution in [0.25, 0.3) is 34.4 Å². The van der Waals surface area contributed by atoms with E-state index in [1.54, 1.807) is 24.3 Å². The number of nitrogens with zero attached hydrogens (tertiary/aromatic N) is 3. The minimum Gasteiger partial charge on any atom is -0.508 e. The van der Waals surface area contributed by atoms with Gasteiger partial charge in [-0.25, -0.2) is 4.98 Å². The van der Waals surface area contributed by atoms with E-state index < -0.39 is 0 Å². The van der Waals surface area contributed by atoms with Gasteiger partial charge in [0.25, 0.3) is 5.91 Å². The van der Waals surface area contributed by atoms with Crippen LogP contribution in [0.4, 0.5) is 0 Å². The van der Waals surface area contributed by atoms with Crippen LogP contribution in [0.15, 0.2) is 54.6 Å². The van der Waals surface area contributed by atoms with E-state index in [1.165, 1.54) is 5.56 Å². The fourth-order valence-corrected chi connectivity index (χ4v) is 4.20. The Kier molecular flexibility index (Phi) is 6.10. The number of fused-ring (bicyclic) bond motifs is 1. The molecule has 1 saturated heterocycles. The molecule has 1 aliphatic rings. The third-order valence-electron chi connectivity index (χ3n) is 6.18. The molecular weight excluding hydrogens is 426 g/mol. The lowest BCUT2D eigenvalue weighted by Gasteiger charge is -2.27. The number of nitrogens with one attached hydrogen (secondary N) is 2. The molecule has 0 spiro atoms. The summed E-state index contributed by atoms with van der Waals surface area (Å²) in [7, 11) is 0. The number of H-pyrrole nitrogens is 1. The first-order valence-electron chi connectivity index (χ1n) is 11.6. The maximum absolute atomic E-state index is 13.6. The summed E-state index contributed by atoms with van der Waals surface area (Å²) >= 11 is 0. The molecule has 2 aromatic heterocycles. The summed E-state index contributed by atoms with van der Waals surface area (Å²) in [6, 6.07) is 17.0. The van der Waals surface area contributed by atoms with Gasteiger partial charge in [0.05, 0.1) is 22.3 Å². The summed E-state index contributed by atoms with van der Waals surface area (Å²) in [4.78, 5) is 20.2. The average Bonchev–Trinajstić information content (AvgIpc) is 3.31. The van der Waals surface area contributed by atoms with E-state index in [-0.39, 0.29) is 11.7 Å². The van der Waals surface area contributed by atoms with Gasteiger partial charge in [-0.15, -0.1) is 0 Å². The first kappa shape index (κ1) is 21.9. The molecule has 1 aliphatic heterocycles. The molecule has 34 heavy (non-hydrogen) atoms. The lowest BCUT2D eigenvalue weighted by molar-refractivity contribution is 0.0737. The van der Waals surface area contributed by atoms with Crippen molar-refractivity contribution in [1.29, 1.82) is 0 Å². The molecule has 172 valence electrons. The van der Waals surface area contributed by atoms with Crippen molar-refractivity contribution in [3.8, 4) is 17.0 Å². The Morgan fingerprint density at radius 3 is 2.50 bits per heavy atom. The van der Waals surface area contributed by atoms with E-state index in [1.807, 2.05) is 23.1 Å². The highest BCUT2D eigenvalue weighted by Crippen LogP contribution is 2.29. The molecule has 0 aliphatic carbocycles. The lowest BCUT2D eigenvalue weighted by Crippen LogP contribution is -2.46. The van der Waals surface area contributed by atoms with Gasteiger partial charge in [-0.3, -0.25) is 9.89 Å². The summed E-state index contributed by atoms with van der Waals surface area (Å²) in [6.45, 7) is 5.00. The minimum atomic E-state index is -0.0303. The van der Waals surface area contributed by atoms with Gasteiger partial charge in [0.15, 0.2) is 5.65 Å². The van der Waals surface area contributed by atoms with Crippen molar-refractivity contribution in [3.63, 3.8) is 0 Å². The standard InChI is InChI=1S/C27H27N5O2/c1-2-18-3-5-19(6-4-18)7-12-23-25-22(27(34)32-15-13-28-14-16-32)17-24(29-26(25)31-30-23)20-8-10-21(33)11-9-20/h3-12,17,28,33H,2,13-16H2,1H3,(H,29,30,31). The van der Waals surface area contributed by atoms with Gasteiger partial charge < -0.3 is 15.3 Å². The van der Waals surface area contributed by atoms with E-state index in [2.05, 4.69) is 46.7 Å². The molecule has 3 N–H and O–H groups in total. The van der Waals surface area contributed by atoms with Gasteiger partial charge in [0.2, 0.25) is 0 Å². The zero-order chi connectivity index (χ0) is 23.5. The topological polar surface area (TPSA) is 94.1 Å². The number of carbonyl (C=O) groups is 1. The number of phenols is 1. The van der Waals surface area contributed by atoms with Crippen molar-refractivity contribution >= 4 is 29.1 Å². The molecule has 2 aromatic carbocycles. The number of pyridine rings is 1. The van der Waals surface area contributed by atoms with Crippen molar-refractivity contribution in [3.05, 3.63) is 77.0 Å². The zero-order valence-electron chi connectivity index (χ0n) is 19.1. The van der Waals surface area contributed by atoms with Crippen molar-refractivity contribution in [2.45, 2.75) is 13.3 Å². The van der Waals surface area contributed by atoms with Crippen LogP contribution >= 0.6 is 0 Å². The Hall–Kier alpha value is -3.97. The van der Waals surface area contributed by atoms with E-state index in [4.69, 9.17) is 4.98 Å². The van der Waals surface area contributed by atoms with Crippen molar-refractivity contribution in [2.24, 2.45) is 0 Å². The molecule has 7 heteroatoms. The number of aromatic amines is 1. The number of aromatic hydroxyl groups is 1. The Morgan fingerprint density at radius 2 is 1.79 bits per heavy atom. The molecule has 3 heterocycles. The summed E-state index contributed by atoms with van der Waals surface area (Å²) in [5.74, 6) is 0.153. The molecule has 0 atom stereocenters. The molecule has 0 bridgehead atoms. The van der Waals surface area contributed by atoms with Crippen LogP contribution in [0, 0.1) is 0 Å². The van der Waals surface area contributed by atoms with E-state index in [0.29, 0.717) is 41.1 Å². The molecule has 0 unspecified atom stereocenters. The first-order valence-corrected chi connectivity index (χ1v) is 11.6. The van der Waals surface area contributed by atoms with Crippen LogP contribution in [0.1, 0.15) is 34.1 Å². The lowest BCUT2D eigenvalue weighted by atomic mass is 10.0. The van der Waals surface area contributed by atoms with Gasteiger partial charge in [-0.1, -0.05) is 37.3 Å². The number of aryl methyl sites for hydroxylation is 1. The molecule has 7 nitrogen and oxygen atoms in total. The van der Waals surface area contributed by atoms with Crippen LogP contribution in [0.3, 0.4) is 0 Å². The Labute approximate surface area is 198 Å². The maximum Gasteiger partial charge on any atom is 0.254 e. The molecule has 4 aromatic rings. The summed E-state index contributed by atoms with van der Waals surface area (Å²) in [6.07, 6.45) is 4.93. The van der Waals surface area contributed by atoms with Gasteiger partial charge >= 0.3 is 0 Å². The van der Waals surface area contributed by atoms with Crippen LogP contribution in [-0.2, 0) is 6.42 Å². The SMILES string of the molecule is CCc1ccc(C=Cc2n[nH]c3nc(-c4ccc(O)cc4)cc(C(=O)N4CCNCC4)c23)cc1. The first-order chi connectivity index (χ1) is 16.6. The highest BCUT2D eigenvalue weighted by Gasteiger charge is 2.24. The smallest absolute Gasteiger partial charge is 0.254 e. The van der Waals surface area contributed by atoms with Gasteiger partial charge in [0, 0.05) is 31.7 Å². The Bertz CT molecular complexity index is 1330. The quantitative estimate of drug-likeness (QED) is 0.423. The summed E-state index contributed by atoms with van der Waals surface area (Å²) in [5.41, 5.74) is 5.64. The molecule has 0 saturated carbocycles. The normalized spacial score (nSPS) is 14.2. The number of hydrogen-bond donors (Lipinski definition) is 3. The minimum absolute atomic E-state index is 0.0303. The third-order valence-corrected chi connectivity index (χ3v) is 6.18. The second kappa shape index (κ2) is 9.49. The summed E-state index contributed by atoms with van der Waals surface area (Å²) < 4.78 is 0. The number of amides is 1. The fraction of sp³-hybridized carbons (Fsp3) is 0.222. The third kappa shape index (κ3) is 4.43. The van der Waals surface area contributed by atoms with Crippen molar-refractivity contribution in [2.75, 3.05) is 26.2 Å². The molecule has 1 amide bonds. The van der Waals surface area contributed by atoms with Crippen molar-refractivity contribution in [1.82, 2.24) is 25.4 Å². The van der Waals surface area contributed by atoms with Gasteiger partial charge in [0.1, 0.15) is 5.75 Å². The number of phenolic OH excluding ortho intramolecular Hbond substituents is 1. The number of piperazine rings is 1. The van der Waals surface area contributed by atoms with Crippen LogP contribution in [-0.4, -0.2) is 57.3 Å². The highest BCUT2D eigenvalue weighted by atomic mass is 16.3. The number of rotatable bonds is 5. The van der Waals surface area contributed by atoms with E-state index >= 15 is 0 Å². The summed E-state index contributed by atoms with van der Waals surface area (Å²) in [5, 5.41) is 21.2. The Balaban J connectivity index is 1.59. The van der Waals surface area contributed by atoms with E-state index in [9.17, 15) is 9.90 Å². The maximum atomic E-state index is 13.6. The second-order valence-corrected chi connectivity index (χ2v) is 8.41. The average molecular weight is 454 g/mol. The predicted octanol–water partition coefficient (Wildman–Crippen LogP) is 4.11. The second-order valence-electron chi connectivity index (χ2n) is 8.41. The molecule has 1 fully saturated rings. The van der Waals surface area contributed by atoms with E-state index in [0.717, 1.165) is 30.6 Å². The number of aromatic nitrogens is 3. The van der Waals surface area contributed by atoms with Crippen LogP contribution < -0.4 is 5.32 Å². The van der Waals surface area contributed by atoms with Gasteiger partial charge in [-0.05, 0) is 54.0 Å². The zero-order valence-corrected chi connectivity index (χ0v) is 19.1. The molecule has 0 radical (unpaired) electrons. The molecule has 5 rings (SSSR count). The number of carbonyl (C=O) groups excluding carboxylic acids is 1. The van der Waals surface area contributed by atoms with Crippen molar-refractivity contribution < 1.29 is 9.90 Å². The predicted molar refractivity (Wildman–Crippen MR) is 135 cm³/mol.